The molecule has 1 heterocycles. The number of phenolic OH excluding ortho intramolecular Hbond substituents is 1. The van der Waals surface area contributed by atoms with Gasteiger partial charge in [0.15, 0.2) is 5.75 Å². The lowest BCUT2D eigenvalue weighted by molar-refractivity contribution is 0.479. The summed E-state index contributed by atoms with van der Waals surface area (Å²) in [6.07, 6.45) is 1.61. The Balaban J connectivity index is 2.75. The van der Waals surface area contributed by atoms with E-state index in [-0.39, 0.29) is 5.75 Å². The second-order valence-corrected chi connectivity index (χ2v) is 3.84. The fraction of sp³-hybridized carbons (Fsp3) is 0.0833. The van der Waals surface area contributed by atoms with E-state index in [4.69, 9.17) is 11.6 Å². The highest BCUT2D eigenvalue weighted by Gasteiger charge is 2.09. The fourth-order valence-corrected chi connectivity index (χ4v) is 1.76. The summed E-state index contributed by atoms with van der Waals surface area (Å²) in [5.41, 5.74) is 0.948. The van der Waals surface area contributed by atoms with Crippen molar-refractivity contribution in [2.75, 3.05) is 5.75 Å². The summed E-state index contributed by atoms with van der Waals surface area (Å²) < 4.78 is 0. The van der Waals surface area contributed by atoms with Gasteiger partial charge in [-0.2, -0.15) is 12.6 Å². The molecule has 2 nitrogen and oxygen atoms in total. The van der Waals surface area contributed by atoms with Crippen LogP contribution in [0.4, 0.5) is 0 Å². The van der Waals surface area contributed by atoms with E-state index in [1.165, 1.54) is 0 Å². The predicted molar refractivity (Wildman–Crippen MR) is 69.1 cm³/mol. The molecular weight excluding hydrogens is 242 g/mol. The van der Waals surface area contributed by atoms with Crippen molar-refractivity contribution in [3.05, 3.63) is 35.0 Å². The number of benzene rings is 1. The number of halogens is 1. The van der Waals surface area contributed by atoms with E-state index >= 15 is 0 Å². The highest BCUT2D eigenvalue weighted by atomic mass is 35.5. The first-order chi connectivity index (χ1) is 7.74. The van der Waals surface area contributed by atoms with Crippen LogP contribution in [0.3, 0.4) is 0 Å². The molecule has 0 aliphatic carbocycles. The van der Waals surface area contributed by atoms with Crippen LogP contribution in [0.25, 0.3) is 10.9 Å². The van der Waals surface area contributed by atoms with E-state index in [2.05, 4.69) is 29.5 Å². The molecular formula is C12H8ClNOS. The van der Waals surface area contributed by atoms with Crippen LogP contribution < -0.4 is 0 Å². The van der Waals surface area contributed by atoms with Gasteiger partial charge in [0.2, 0.25) is 0 Å². The molecule has 80 valence electrons. The first-order valence-electron chi connectivity index (χ1n) is 4.60. The highest BCUT2D eigenvalue weighted by molar-refractivity contribution is 7.80. The van der Waals surface area contributed by atoms with Crippen LogP contribution in [0.5, 0.6) is 5.75 Å². The number of aromatic hydroxyl groups is 1. The van der Waals surface area contributed by atoms with Crippen LogP contribution in [0.1, 0.15) is 5.56 Å². The van der Waals surface area contributed by atoms with E-state index in [0.29, 0.717) is 21.9 Å². The molecule has 2 rings (SSSR count). The second-order valence-electron chi connectivity index (χ2n) is 3.11. The molecule has 0 spiro atoms. The van der Waals surface area contributed by atoms with Gasteiger partial charge < -0.3 is 5.11 Å². The molecule has 2 aromatic rings. The van der Waals surface area contributed by atoms with E-state index < -0.39 is 0 Å². The lowest BCUT2D eigenvalue weighted by Crippen LogP contribution is -1.85. The third-order valence-electron chi connectivity index (χ3n) is 2.12. The molecule has 1 aromatic heterocycles. The van der Waals surface area contributed by atoms with Gasteiger partial charge in [-0.25, -0.2) is 0 Å². The zero-order valence-electron chi connectivity index (χ0n) is 8.24. The van der Waals surface area contributed by atoms with Crippen LogP contribution in [0.2, 0.25) is 5.02 Å². The first-order valence-corrected chi connectivity index (χ1v) is 5.61. The topological polar surface area (TPSA) is 33.1 Å². The minimum absolute atomic E-state index is 0.0642. The molecule has 0 saturated carbocycles. The molecule has 4 heteroatoms. The Morgan fingerprint density at radius 2 is 2.31 bits per heavy atom. The van der Waals surface area contributed by atoms with Crippen molar-refractivity contribution in [2.45, 2.75) is 0 Å². The maximum absolute atomic E-state index is 9.95. The van der Waals surface area contributed by atoms with Gasteiger partial charge >= 0.3 is 0 Å². The molecule has 16 heavy (non-hydrogen) atoms. The number of phenols is 1. The van der Waals surface area contributed by atoms with Gasteiger partial charge in [-0.1, -0.05) is 23.4 Å². The number of aromatic nitrogens is 1. The molecule has 0 saturated heterocycles. The van der Waals surface area contributed by atoms with Crippen molar-refractivity contribution >= 4 is 35.1 Å². The Hall–Kier alpha value is -1.37. The number of pyridine rings is 1. The summed E-state index contributed by atoms with van der Waals surface area (Å²) in [5, 5.41) is 11.2. The van der Waals surface area contributed by atoms with Crippen molar-refractivity contribution in [1.82, 2.24) is 4.98 Å². The molecule has 0 amide bonds. The molecule has 1 N–H and O–H groups in total. The third kappa shape index (κ3) is 1.95. The summed E-state index contributed by atoms with van der Waals surface area (Å²) in [7, 11) is 0. The minimum atomic E-state index is 0.0642. The zero-order valence-corrected chi connectivity index (χ0v) is 9.89. The van der Waals surface area contributed by atoms with Crippen molar-refractivity contribution in [1.29, 1.82) is 0 Å². The summed E-state index contributed by atoms with van der Waals surface area (Å²) in [6, 6.07) is 5.21. The average Bonchev–Trinajstić information content (AvgIpc) is 2.32. The SMILES string of the molecule is Oc1c(C#CCS)cc(Cl)c2cccnc12. The van der Waals surface area contributed by atoms with Crippen molar-refractivity contribution in [3.63, 3.8) is 0 Å². The molecule has 0 atom stereocenters. The monoisotopic (exact) mass is 249 g/mol. The van der Waals surface area contributed by atoms with Crippen LogP contribution in [-0.2, 0) is 0 Å². The van der Waals surface area contributed by atoms with Gasteiger partial charge in [-0.15, -0.1) is 0 Å². The van der Waals surface area contributed by atoms with Gasteiger partial charge in [-0.05, 0) is 18.2 Å². The Labute approximate surface area is 104 Å². The molecule has 0 radical (unpaired) electrons. The number of nitrogens with zero attached hydrogens (tertiary/aromatic N) is 1. The minimum Gasteiger partial charge on any atom is -0.504 e. The van der Waals surface area contributed by atoms with Crippen molar-refractivity contribution in [3.8, 4) is 17.6 Å². The number of hydrogen-bond acceptors (Lipinski definition) is 3. The summed E-state index contributed by atoms with van der Waals surface area (Å²) in [6.45, 7) is 0. The summed E-state index contributed by atoms with van der Waals surface area (Å²) >= 11 is 10.1. The van der Waals surface area contributed by atoms with E-state index in [1.54, 1.807) is 24.4 Å². The van der Waals surface area contributed by atoms with E-state index in [1.807, 2.05) is 0 Å². The predicted octanol–water partition coefficient (Wildman–Crippen LogP) is 2.88. The van der Waals surface area contributed by atoms with Crippen LogP contribution in [0, 0.1) is 11.8 Å². The zero-order chi connectivity index (χ0) is 11.5. The standard InChI is InChI=1S/C12H8ClNOS/c13-10-7-8(3-2-6-16)12(15)11-9(10)4-1-5-14-11/h1,4-5,7,15-16H,6H2. The maximum atomic E-state index is 9.95. The number of rotatable bonds is 0. The Bertz CT molecular complexity index is 601. The Morgan fingerprint density at radius 1 is 1.50 bits per heavy atom. The van der Waals surface area contributed by atoms with E-state index in [9.17, 15) is 5.11 Å². The molecule has 0 aliphatic heterocycles. The summed E-state index contributed by atoms with van der Waals surface area (Å²) in [4.78, 5) is 4.09. The van der Waals surface area contributed by atoms with Crippen molar-refractivity contribution in [2.24, 2.45) is 0 Å². The van der Waals surface area contributed by atoms with Gasteiger partial charge in [0.1, 0.15) is 5.52 Å². The first kappa shape index (κ1) is 11.1. The normalized spacial score (nSPS) is 9.88. The molecule has 0 bridgehead atoms. The Morgan fingerprint density at radius 3 is 3.06 bits per heavy atom. The van der Waals surface area contributed by atoms with Crippen LogP contribution in [0.15, 0.2) is 24.4 Å². The largest absolute Gasteiger partial charge is 0.504 e. The van der Waals surface area contributed by atoms with Gasteiger partial charge in [0, 0.05) is 11.6 Å². The van der Waals surface area contributed by atoms with E-state index in [0.717, 1.165) is 5.39 Å². The molecule has 0 fully saturated rings. The smallest absolute Gasteiger partial charge is 0.157 e. The van der Waals surface area contributed by atoms with Crippen LogP contribution >= 0.6 is 24.2 Å². The molecule has 0 aliphatic rings. The Kier molecular flexibility index (Phi) is 3.23. The van der Waals surface area contributed by atoms with Gasteiger partial charge in [0.25, 0.3) is 0 Å². The van der Waals surface area contributed by atoms with Gasteiger partial charge in [0.05, 0.1) is 16.3 Å². The number of hydrogen-bond donors (Lipinski definition) is 2. The maximum Gasteiger partial charge on any atom is 0.157 e. The average molecular weight is 250 g/mol. The highest BCUT2D eigenvalue weighted by Crippen LogP contribution is 2.32. The third-order valence-corrected chi connectivity index (χ3v) is 2.59. The number of fused-ring (bicyclic) bond motifs is 1. The van der Waals surface area contributed by atoms with Gasteiger partial charge in [-0.3, -0.25) is 4.98 Å². The summed E-state index contributed by atoms with van der Waals surface area (Å²) in [5.74, 6) is 6.05. The molecule has 0 unspecified atom stereocenters. The fourth-order valence-electron chi connectivity index (χ4n) is 1.42. The quantitative estimate of drug-likeness (QED) is 0.556. The van der Waals surface area contributed by atoms with Crippen LogP contribution in [-0.4, -0.2) is 15.8 Å². The second kappa shape index (κ2) is 4.65. The lowest BCUT2D eigenvalue weighted by Gasteiger charge is -2.04. The molecule has 1 aromatic carbocycles. The lowest BCUT2D eigenvalue weighted by atomic mass is 10.1. The number of thiol groups is 1. The van der Waals surface area contributed by atoms with Crippen molar-refractivity contribution < 1.29 is 5.11 Å².